The van der Waals surface area contributed by atoms with Gasteiger partial charge in [0.1, 0.15) is 5.75 Å². The SMILES string of the molecule is COc1ccc2c(c1)C=C(c1c(C(=O)N3CCOCC3)cnn1C)Cn1c-2c(C2CCCCC2)c2ccc(C(=O)NS(=O)(=O)C3CCC3)cc21. The molecule has 50 heavy (non-hydrogen) atoms. The zero-order valence-corrected chi connectivity index (χ0v) is 29.4. The van der Waals surface area contributed by atoms with Gasteiger partial charge in [0.25, 0.3) is 11.8 Å². The summed E-state index contributed by atoms with van der Waals surface area (Å²) in [6.07, 6.45) is 11.4. The van der Waals surface area contributed by atoms with Crippen LogP contribution < -0.4 is 9.46 Å². The van der Waals surface area contributed by atoms with Crippen molar-refractivity contribution in [1.82, 2.24) is 24.0 Å². The third-order valence-corrected chi connectivity index (χ3v) is 12.9. The summed E-state index contributed by atoms with van der Waals surface area (Å²) in [7, 11) is -0.236. The lowest BCUT2D eigenvalue weighted by atomic mass is 9.81. The van der Waals surface area contributed by atoms with Gasteiger partial charge in [-0.25, -0.2) is 13.1 Å². The van der Waals surface area contributed by atoms with Crippen LogP contribution >= 0.6 is 0 Å². The Morgan fingerprint density at radius 3 is 2.46 bits per heavy atom. The van der Waals surface area contributed by atoms with Crippen molar-refractivity contribution in [1.29, 1.82) is 0 Å². The number of aromatic nitrogens is 3. The van der Waals surface area contributed by atoms with E-state index in [2.05, 4.69) is 26.5 Å². The highest BCUT2D eigenvalue weighted by Gasteiger charge is 2.34. The molecule has 262 valence electrons. The van der Waals surface area contributed by atoms with Crippen LogP contribution in [0, 0.1) is 0 Å². The van der Waals surface area contributed by atoms with Gasteiger partial charge in [0.05, 0.1) is 55.3 Å². The molecule has 2 amide bonds. The average molecular weight is 698 g/mol. The summed E-state index contributed by atoms with van der Waals surface area (Å²) in [6, 6.07) is 11.7. The number of hydrogen-bond donors (Lipinski definition) is 1. The molecule has 0 radical (unpaired) electrons. The summed E-state index contributed by atoms with van der Waals surface area (Å²) in [6.45, 7) is 2.44. The minimum absolute atomic E-state index is 0.0838. The van der Waals surface area contributed by atoms with E-state index in [9.17, 15) is 18.0 Å². The number of benzene rings is 2. The minimum atomic E-state index is -3.75. The van der Waals surface area contributed by atoms with Gasteiger partial charge in [-0.3, -0.25) is 14.3 Å². The maximum absolute atomic E-state index is 14.0. The van der Waals surface area contributed by atoms with Crippen LogP contribution in [-0.2, 0) is 28.4 Å². The van der Waals surface area contributed by atoms with Crippen molar-refractivity contribution < 1.29 is 27.5 Å². The van der Waals surface area contributed by atoms with Crippen LogP contribution in [0.3, 0.4) is 0 Å². The fourth-order valence-corrected chi connectivity index (χ4v) is 9.69. The maximum atomic E-state index is 14.0. The van der Waals surface area contributed by atoms with Crippen molar-refractivity contribution in [2.24, 2.45) is 7.05 Å². The van der Waals surface area contributed by atoms with Gasteiger partial charge in [0.2, 0.25) is 10.0 Å². The standard InChI is InChI=1S/C38H43N5O6S/c1-41-35(32(22-39-41)38(45)42-15-17-49-18-16-42)27-19-26-20-28(48-2)12-14-30(26)36-34(24-7-4-3-5-8-24)31-13-11-25(21-33(31)43(36)23-27)37(44)40-50(46,47)29-9-6-10-29/h11-14,19-22,24,29H,3-10,15-18,23H2,1-2H3,(H,40,44). The zero-order valence-electron chi connectivity index (χ0n) is 28.6. The average Bonchev–Trinajstić information content (AvgIpc) is 3.58. The smallest absolute Gasteiger partial charge is 0.264 e. The molecule has 2 aromatic carbocycles. The lowest BCUT2D eigenvalue weighted by Gasteiger charge is -2.27. The molecule has 2 aliphatic carbocycles. The van der Waals surface area contributed by atoms with Crippen LogP contribution in [0.5, 0.6) is 5.75 Å². The van der Waals surface area contributed by atoms with E-state index in [1.54, 1.807) is 24.1 Å². The van der Waals surface area contributed by atoms with Gasteiger partial charge in [-0.15, -0.1) is 0 Å². The van der Waals surface area contributed by atoms with Crippen LogP contribution in [0.15, 0.2) is 42.6 Å². The second-order valence-corrected chi connectivity index (χ2v) is 16.0. The van der Waals surface area contributed by atoms with E-state index < -0.39 is 21.2 Å². The van der Waals surface area contributed by atoms with E-state index in [0.717, 1.165) is 76.8 Å². The number of aryl methyl sites for hydroxylation is 1. The zero-order chi connectivity index (χ0) is 34.6. The molecule has 12 heteroatoms. The number of amides is 2. The van der Waals surface area contributed by atoms with E-state index in [0.29, 0.717) is 62.7 Å². The molecule has 2 aliphatic heterocycles. The molecule has 2 aromatic heterocycles. The lowest BCUT2D eigenvalue weighted by Crippen LogP contribution is -2.41. The number of rotatable bonds is 7. The minimum Gasteiger partial charge on any atom is -0.497 e. The first-order valence-corrected chi connectivity index (χ1v) is 19.3. The predicted octanol–water partition coefficient (Wildman–Crippen LogP) is 5.74. The van der Waals surface area contributed by atoms with E-state index >= 15 is 0 Å². The summed E-state index contributed by atoms with van der Waals surface area (Å²) in [4.78, 5) is 29.3. The van der Waals surface area contributed by atoms with E-state index in [1.807, 2.05) is 36.2 Å². The van der Waals surface area contributed by atoms with Gasteiger partial charge in [-0.1, -0.05) is 31.7 Å². The van der Waals surface area contributed by atoms with Gasteiger partial charge in [0.15, 0.2) is 0 Å². The van der Waals surface area contributed by atoms with Crippen molar-refractivity contribution in [2.45, 2.75) is 69.1 Å². The highest BCUT2D eigenvalue weighted by atomic mass is 32.2. The Balaban J connectivity index is 1.32. The first-order valence-electron chi connectivity index (χ1n) is 17.7. The Morgan fingerprint density at radius 1 is 0.960 bits per heavy atom. The van der Waals surface area contributed by atoms with Crippen molar-refractivity contribution in [2.75, 3.05) is 33.4 Å². The number of nitrogens with one attached hydrogen (secondary N) is 1. The first-order chi connectivity index (χ1) is 24.2. The molecule has 0 bridgehead atoms. The van der Waals surface area contributed by atoms with Gasteiger partial charge >= 0.3 is 0 Å². The number of fused-ring (bicyclic) bond motifs is 5. The number of allylic oxidation sites excluding steroid dienone is 1. The van der Waals surface area contributed by atoms with Crippen molar-refractivity contribution in [3.63, 3.8) is 0 Å². The molecule has 2 saturated carbocycles. The normalized spacial score (nSPS) is 18.5. The Morgan fingerprint density at radius 2 is 1.74 bits per heavy atom. The molecule has 4 aromatic rings. The lowest BCUT2D eigenvalue weighted by molar-refractivity contribution is 0.0302. The van der Waals surface area contributed by atoms with E-state index in [1.165, 1.54) is 12.0 Å². The summed E-state index contributed by atoms with van der Waals surface area (Å²) < 4.78 is 43.5. The van der Waals surface area contributed by atoms with Gasteiger partial charge in [0, 0.05) is 42.2 Å². The molecule has 0 spiro atoms. The summed E-state index contributed by atoms with van der Waals surface area (Å²) in [5.41, 5.74) is 7.64. The summed E-state index contributed by atoms with van der Waals surface area (Å²) in [5, 5.41) is 5.11. The van der Waals surface area contributed by atoms with Gasteiger partial charge in [-0.05, 0) is 84.7 Å². The molecule has 11 nitrogen and oxygen atoms in total. The quantitative estimate of drug-likeness (QED) is 0.261. The molecular formula is C38H43N5O6S. The number of carbonyl (C=O) groups excluding carboxylic acids is 2. The fraction of sp³-hybridized carbons (Fsp3) is 0.447. The van der Waals surface area contributed by atoms with Gasteiger partial charge < -0.3 is 18.9 Å². The Hall–Kier alpha value is -4.42. The number of ether oxygens (including phenoxy) is 2. The van der Waals surface area contributed by atoms with Crippen LogP contribution in [0.25, 0.3) is 33.8 Å². The highest BCUT2D eigenvalue weighted by molar-refractivity contribution is 7.90. The van der Waals surface area contributed by atoms with Crippen molar-refractivity contribution >= 4 is 44.4 Å². The first kappa shape index (κ1) is 32.8. The molecule has 1 N–H and O–H groups in total. The maximum Gasteiger partial charge on any atom is 0.264 e. The van der Waals surface area contributed by atoms with Crippen molar-refractivity contribution in [3.8, 4) is 17.0 Å². The van der Waals surface area contributed by atoms with E-state index in [4.69, 9.17) is 9.47 Å². The van der Waals surface area contributed by atoms with Crippen LogP contribution in [0.1, 0.15) is 94.8 Å². The number of methoxy groups -OCH3 is 1. The highest BCUT2D eigenvalue weighted by Crippen LogP contribution is 2.48. The molecule has 0 unspecified atom stereocenters. The molecule has 4 heterocycles. The Bertz CT molecular complexity index is 2130. The Labute approximate surface area is 292 Å². The summed E-state index contributed by atoms with van der Waals surface area (Å²) >= 11 is 0. The second-order valence-electron chi connectivity index (χ2n) is 14.0. The third-order valence-electron chi connectivity index (χ3n) is 11.0. The predicted molar refractivity (Wildman–Crippen MR) is 192 cm³/mol. The molecule has 4 aliphatic rings. The molecule has 3 fully saturated rings. The Kier molecular flexibility index (Phi) is 8.54. The number of morpholine rings is 1. The van der Waals surface area contributed by atoms with Crippen LogP contribution in [-0.4, -0.2) is 78.1 Å². The van der Waals surface area contributed by atoms with Crippen LogP contribution in [0.4, 0.5) is 0 Å². The molecule has 1 saturated heterocycles. The van der Waals surface area contributed by atoms with Gasteiger partial charge in [-0.2, -0.15) is 5.10 Å². The number of hydrogen-bond acceptors (Lipinski definition) is 7. The number of sulfonamides is 1. The number of nitrogens with zero attached hydrogens (tertiary/aromatic N) is 4. The third kappa shape index (κ3) is 5.72. The van der Waals surface area contributed by atoms with Crippen molar-refractivity contribution in [3.05, 3.63) is 70.5 Å². The fourth-order valence-electron chi connectivity index (χ4n) is 8.19. The molecule has 8 rings (SSSR count). The van der Waals surface area contributed by atoms with Crippen LogP contribution in [0.2, 0.25) is 0 Å². The summed E-state index contributed by atoms with van der Waals surface area (Å²) in [5.74, 6) is 0.352. The molecular weight excluding hydrogens is 655 g/mol. The topological polar surface area (TPSA) is 125 Å². The number of carbonyl (C=O) groups is 2. The largest absolute Gasteiger partial charge is 0.497 e. The second kappa shape index (κ2) is 13.0. The van der Waals surface area contributed by atoms with E-state index in [-0.39, 0.29) is 5.91 Å². The monoisotopic (exact) mass is 697 g/mol. The molecule has 0 atom stereocenters.